The van der Waals surface area contributed by atoms with Gasteiger partial charge in [0.05, 0.1) is 6.10 Å². The highest BCUT2D eigenvalue weighted by Crippen LogP contribution is 2.21. The molecule has 0 aliphatic heterocycles. The molecule has 19 heavy (non-hydrogen) atoms. The fourth-order valence-electron chi connectivity index (χ4n) is 1.87. The van der Waals surface area contributed by atoms with Crippen LogP contribution < -0.4 is 4.90 Å². The summed E-state index contributed by atoms with van der Waals surface area (Å²) in [5.41, 5.74) is 1.91. The summed E-state index contributed by atoms with van der Waals surface area (Å²) in [6, 6.07) is 11.5. The second-order valence-corrected chi connectivity index (χ2v) is 4.98. The largest absolute Gasteiger partial charge is 0.389 e. The van der Waals surface area contributed by atoms with Gasteiger partial charge in [-0.2, -0.15) is 0 Å². The highest BCUT2D eigenvalue weighted by Gasteiger charge is 2.08. The van der Waals surface area contributed by atoms with Gasteiger partial charge in [-0.1, -0.05) is 29.8 Å². The lowest BCUT2D eigenvalue weighted by atomic mass is 10.1. The topological polar surface area (TPSA) is 36.4 Å². The lowest BCUT2D eigenvalue weighted by Gasteiger charge is -2.20. The molecule has 1 aromatic carbocycles. The van der Waals surface area contributed by atoms with Crippen LogP contribution in [0, 0.1) is 0 Å². The van der Waals surface area contributed by atoms with Crippen LogP contribution in [0.2, 0.25) is 5.02 Å². The molecule has 0 aliphatic rings. The second-order valence-electron chi connectivity index (χ2n) is 4.57. The Labute approximate surface area is 118 Å². The Kier molecular flexibility index (Phi) is 4.40. The van der Waals surface area contributed by atoms with Crippen molar-refractivity contribution in [2.45, 2.75) is 19.6 Å². The first-order valence-corrected chi connectivity index (χ1v) is 6.54. The maximum atomic E-state index is 9.60. The number of benzene rings is 1. The van der Waals surface area contributed by atoms with Gasteiger partial charge in [0.1, 0.15) is 5.82 Å². The van der Waals surface area contributed by atoms with Crippen LogP contribution in [-0.2, 0) is 6.54 Å². The van der Waals surface area contributed by atoms with Gasteiger partial charge >= 0.3 is 0 Å². The third-order valence-electron chi connectivity index (χ3n) is 3.01. The van der Waals surface area contributed by atoms with E-state index in [1.54, 1.807) is 13.1 Å². The first kappa shape index (κ1) is 13.8. The molecule has 1 unspecified atom stereocenters. The smallest absolute Gasteiger partial charge is 0.128 e. The monoisotopic (exact) mass is 276 g/mol. The van der Waals surface area contributed by atoms with Crippen LogP contribution in [0.25, 0.3) is 0 Å². The SMILES string of the molecule is CC(O)c1ccnc(N(C)Cc2ccccc2Cl)c1. The average Bonchev–Trinajstić information content (AvgIpc) is 2.41. The molecule has 0 radical (unpaired) electrons. The van der Waals surface area contributed by atoms with Crippen molar-refractivity contribution in [3.05, 3.63) is 58.7 Å². The van der Waals surface area contributed by atoms with Gasteiger partial charge < -0.3 is 10.0 Å². The lowest BCUT2D eigenvalue weighted by molar-refractivity contribution is 0.199. The minimum absolute atomic E-state index is 0.490. The van der Waals surface area contributed by atoms with E-state index in [4.69, 9.17) is 11.6 Å². The van der Waals surface area contributed by atoms with E-state index in [1.807, 2.05) is 48.3 Å². The fraction of sp³-hybridized carbons (Fsp3) is 0.267. The standard InChI is InChI=1S/C15H17ClN2O/c1-11(19)12-7-8-17-15(9-12)18(2)10-13-5-3-4-6-14(13)16/h3-9,11,19H,10H2,1-2H3. The van der Waals surface area contributed by atoms with Crippen LogP contribution in [0.1, 0.15) is 24.2 Å². The number of aromatic nitrogens is 1. The summed E-state index contributed by atoms with van der Waals surface area (Å²) in [6.07, 6.45) is 1.22. The van der Waals surface area contributed by atoms with Crippen LogP contribution in [-0.4, -0.2) is 17.1 Å². The maximum Gasteiger partial charge on any atom is 0.128 e. The third-order valence-corrected chi connectivity index (χ3v) is 3.38. The summed E-state index contributed by atoms with van der Waals surface area (Å²) < 4.78 is 0. The Morgan fingerprint density at radius 2 is 2.05 bits per heavy atom. The quantitative estimate of drug-likeness (QED) is 0.929. The third kappa shape index (κ3) is 3.46. The maximum absolute atomic E-state index is 9.60. The van der Waals surface area contributed by atoms with Gasteiger partial charge in [0.25, 0.3) is 0 Å². The Hall–Kier alpha value is -1.58. The molecule has 0 amide bonds. The minimum atomic E-state index is -0.490. The van der Waals surface area contributed by atoms with Gasteiger partial charge in [-0.3, -0.25) is 0 Å². The summed E-state index contributed by atoms with van der Waals surface area (Å²) in [4.78, 5) is 6.33. The zero-order valence-electron chi connectivity index (χ0n) is 11.0. The van der Waals surface area contributed by atoms with Crippen molar-refractivity contribution < 1.29 is 5.11 Å². The molecule has 0 fully saturated rings. The van der Waals surface area contributed by atoms with Crippen molar-refractivity contribution in [1.82, 2.24) is 4.98 Å². The van der Waals surface area contributed by atoms with E-state index in [1.165, 1.54) is 0 Å². The van der Waals surface area contributed by atoms with Gasteiger partial charge in [-0.05, 0) is 36.2 Å². The van der Waals surface area contributed by atoms with Crippen molar-refractivity contribution in [2.75, 3.05) is 11.9 Å². The van der Waals surface area contributed by atoms with E-state index in [0.717, 1.165) is 22.0 Å². The number of hydrogen-bond acceptors (Lipinski definition) is 3. The number of aliphatic hydroxyl groups is 1. The summed E-state index contributed by atoms with van der Waals surface area (Å²) in [5.74, 6) is 0.818. The molecular formula is C15H17ClN2O. The molecule has 0 aliphatic carbocycles. The first-order chi connectivity index (χ1) is 9.08. The molecule has 1 heterocycles. The normalized spacial score (nSPS) is 12.2. The van der Waals surface area contributed by atoms with E-state index in [0.29, 0.717) is 6.54 Å². The number of hydrogen-bond donors (Lipinski definition) is 1. The van der Waals surface area contributed by atoms with E-state index < -0.39 is 6.10 Å². The highest BCUT2D eigenvalue weighted by atomic mass is 35.5. The Morgan fingerprint density at radius 1 is 1.32 bits per heavy atom. The molecule has 0 saturated heterocycles. The summed E-state index contributed by atoms with van der Waals surface area (Å²) >= 11 is 6.15. The van der Waals surface area contributed by atoms with Crippen molar-refractivity contribution in [2.24, 2.45) is 0 Å². The highest BCUT2D eigenvalue weighted by molar-refractivity contribution is 6.31. The molecule has 4 heteroatoms. The van der Waals surface area contributed by atoms with Gasteiger partial charge in [-0.25, -0.2) is 4.98 Å². The molecule has 0 bridgehead atoms. The van der Waals surface area contributed by atoms with Crippen LogP contribution in [0.4, 0.5) is 5.82 Å². The minimum Gasteiger partial charge on any atom is -0.389 e. The molecule has 2 rings (SSSR count). The number of nitrogens with zero attached hydrogens (tertiary/aromatic N) is 2. The van der Waals surface area contributed by atoms with Gasteiger partial charge in [-0.15, -0.1) is 0 Å². The zero-order valence-corrected chi connectivity index (χ0v) is 11.8. The predicted octanol–water partition coefficient (Wildman–Crippen LogP) is 3.42. The van der Waals surface area contributed by atoms with Gasteiger partial charge in [0.15, 0.2) is 0 Å². The Morgan fingerprint density at radius 3 is 2.74 bits per heavy atom. The van der Waals surface area contributed by atoms with Gasteiger partial charge in [0, 0.05) is 24.8 Å². The summed E-state index contributed by atoms with van der Waals surface area (Å²) in [6.45, 7) is 2.42. The molecule has 0 saturated carbocycles. The first-order valence-electron chi connectivity index (χ1n) is 6.16. The van der Waals surface area contributed by atoms with Crippen molar-refractivity contribution in [3.63, 3.8) is 0 Å². The molecule has 0 spiro atoms. The van der Waals surface area contributed by atoms with Crippen molar-refractivity contribution >= 4 is 17.4 Å². The fourth-order valence-corrected chi connectivity index (χ4v) is 2.06. The van der Waals surface area contributed by atoms with Crippen LogP contribution in [0.3, 0.4) is 0 Å². The van der Waals surface area contributed by atoms with Crippen LogP contribution in [0.15, 0.2) is 42.6 Å². The van der Waals surface area contributed by atoms with E-state index in [9.17, 15) is 5.11 Å². The summed E-state index contributed by atoms with van der Waals surface area (Å²) in [5, 5.41) is 10.3. The molecule has 1 N–H and O–H groups in total. The summed E-state index contributed by atoms with van der Waals surface area (Å²) in [7, 11) is 1.96. The molecule has 1 aromatic heterocycles. The predicted molar refractivity (Wildman–Crippen MR) is 78.4 cm³/mol. The van der Waals surface area contributed by atoms with Crippen molar-refractivity contribution in [1.29, 1.82) is 0 Å². The molecule has 100 valence electrons. The van der Waals surface area contributed by atoms with Gasteiger partial charge in [0.2, 0.25) is 0 Å². The van der Waals surface area contributed by atoms with E-state index in [2.05, 4.69) is 4.98 Å². The lowest BCUT2D eigenvalue weighted by Crippen LogP contribution is -2.18. The zero-order chi connectivity index (χ0) is 13.8. The molecule has 2 aromatic rings. The number of rotatable bonds is 4. The van der Waals surface area contributed by atoms with Crippen LogP contribution >= 0.6 is 11.6 Å². The number of pyridine rings is 1. The van der Waals surface area contributed by atoms with Crippen LogP contribution in [0.5, 0.6) is 0 Å². The Bertz CT molecular complexity index is 557. The number of aliphatic hydroxyl groups excluding tert-OH is 1. The Balaban J connectivity index is 2.18. The van der Waals surface area contributed by atoms with E-state index >= 15 is 0 Å². The van der Waals surface area contributed by atoms with Crippen molar-refractivity contribution in [3.8, 4) is 0 Å². The number of halogens is 1. The number of anilines is 1. The van der Waals surface area contributed by atoms with E-state index in [-0.39, 0.29) is 0 Å². The average molecular weight is 277 g/mol. The molecule has 3 nitrogen and oxygen atoms in total. The second kappa shape index (κ2) is 6.04. The molecular weight excluding hydrogens is 260 g/mol. The molecule has 1 atom stereocenters.